The van der Waals surface area contributed by atoms with E-state index in [2.05, 4.69) is 31.1 Å². The Hall–Kier alpha value is -0.410. The summed E-state index contributed by atoms with van der Waals surface area (Å²) in [6.45, 7) is 6.67. The first-order valence-corrected chi connectivity index (χ1v) is 6.35. The number of aromatic nitrogens is 1. The van der Waals surface area contributed by atoms with Crippen LogP contribution in [0, 0.1) is 0 Å². The molecule has 80 valence electrons. The maximum atomic E-state index is 4.37. The second-order valence-electron chi connectivity index (χ2n) is 3.51. The molecule has 14 heavy (non-hydrogen) atoms. The third-order valence-electron chi connectivity index (χ3n) is 2.58. The lowest BCUT2D eigenvalue weighted by Gasteiger charge is -2.21. The van der Waals surface area contributed by atoms with Crippen LogP contribution in [-0.4, -0.2) is 11.0 Å². The highest BCUT2D eigenvalue weighted by Gasteiger charge is 2.14. The molecule has 1 aromatic heterocycles. The van der Waals surface area contributed by atoms with Crippen LogP contribution in [0.2, 0.25) is 0 Å². The maximum Gasteiger partial charge on any atom is 0.109 e. The zero-order valence-electron chi connectivity index (χ0n) is 9.29. The smallest absolute Gasteiger partial charge is 0.109 e. The van der Waals surface area contributed by atoms with Crippen molar-refractivity contribution in [2.75, 3.05) is 0 Å². The van der Waals surface area contributed by atoms with Gasteiger partial charge in [0.2, 0.25) is 0 Å². The Morgan fingerprint density at radius 1 is 1.29 bits per heavy atom. The molecule has 0 radical (unpaired) electrons. The SMILES string of the molecule is CCC(CC)NC(CC)c1nccs1. The second kappa shape index (κ2) is 6.14. The lowest BCUT2D eigenvalue weighted by atomic mass is 10.1. The summed E-state index contributed by atoms with van der Waals surface area (Å²) in [5.74, 6) is 0. The first kappa shape index (κ1) is 11.7. The Kier molecular flexibility index (Phi) is 5.12. The lowest BCUT2D eigenvalue weighted by Crippen LogP contribution is -2.31. The molecule has 0 spiro atoms. The molecule has 1 unspecified atom stereocenters. The van der Waals surface area contributed by atoms with E-state index in [-0.39, 0.29) is 0 Å². The normalized spacial score (nSPS) is 13.4. The van der Waals surface area contributed by atoms with Crippen LogP contribution in [-0.2, 0) is 0 Å². The minimum atomic E-state index is 0.444. The molecule has 0 saturated carbocycles. The van der Waals surface area contributed by atoms with Gasteiger partial charge in [-0.15, -0.1) is 11.3 Å². The zero-order chi connectivity index (χ0) is 10.4. The monoisotopic (exact) mass is 212 g/mol. The molecule has 1 rings (SSSR count). The standard InChI is InChI=1S/C11H20N2S/c1-4-9(5-2)13-10(6-3)11-12-7-8-14-11/h7-10,13H,4-6H2,1-3H3. The summed E-state index contributed by atoms with van der Waals surface area (Å²) in [4.78, 5) is 4.37. The summed E-state index contributed by atoms with van der Waals surface area (Å²) < 4.78 is 0. The van der Waals surface area contributed by atoms with E-state index in [0.717, 1.165) is 6.42 Å². The van der Waals surface area contributed by atoms with E-state index < -0.39 is 0 Å². The van der Waals surface area contributed by atoms with E-state index in [1.54, 1.807) is 11.3 Å². The molecule has 0 amide bonds. The van der Waals surface area contributed by atoms with Gasteiger partial charge in [0, 0.05) is 17.6 Å². The van der Waals surface area contributed by atoms with Crippen LogP contribution in [0.1, 0.15) is 51.1 Å². The molecule has 0 aromatic carbocycles. The summed E-state index contributed by atoms with van der Waals surface area (Å²) in [5.41, 5.74) is 0. The number of hydrogen-bond acceptors (Lipinski definition) is 3. The number of hydrogen-bond donors (Lipinski definition) is 1. The van der Waals surface area contributed by atoms with E-state index >= 15 is 0 Å². The van der Waals surface area contributed by atoms with Gasteiger partial charge in [0.05, 0.1) is 6.04 Å². The van der Waals surface area contributed by atoms with Gasteiger partial charge >= 0.3 is 0 Å². The first-order chi connectivity index (χ1) is 6.81. The van der Waals surface area contributed by atoms with Gasteiger partial charge in [0.1, 0.15) is 5.01 Å². The van der Waals surface area contributed by atoms with Gasteiger partial charge in [-0.05, 0) is 19.3 Å². The van der Waals surface area contributed by atoms with Crippen LogP contribution in [0.4, 0.5) is 0 Å². The summed E-state index contributed by atoms with van der Waals surface area (Å²) >= 11 is 1.74. The van der Waals surface area contributed by atoms with Crippen molar-refractivity contribution < 1.29 is 0 Å². The highest BCUT2D eigenvalue weighted by Crippen LogP contribution is 2.20. The number of nitrogens with zero attached hydrogens (tertiary/aromatic N) is 1. The Morgan fingerprint density at radius 3 is 2.43 bits per heavy atom. The summed E-state index contributed by atoms with van der Waals surface area (Å²) in [5, 5.41) is 6.92. The fourth-order valence-electron chi connectivity index (χ4n) is 1.58. The zero-order valence-corrected chi connectivity index (χ0v) is 10.1. The molecular weight excluding hydrogens is 192 g/mol. The minimum Gasteiger partial charge on any atom is -0.305 e. The maximum absolute atomic E-state index is 4.37. The van der Waals surface area contributed by atoms with Crippen LogP contribution < -0.4 is 5.32 Å². The Balaban J connectivity index is 2.55. The molecule has 1 aromatic rings. The van der Waals surface area contributed by atoms with E-state index in [0.29, 0.717) is 12.1 Å². The van der Waals surface area contributed by atoms with Crippen molar-refractivity contribution in [3.63, 3.8) is 0 Å². The average Bonchev–Trinajstić information content (AvgIpc) is 2.73. The lowest BCUT2D eigenvalue weighted by molar-refractivity contribution is 0.406. The molecule has 0 fully saturated rings. The van der Waals surface area contributed by atoms with Gasteiger partial charge in [0.25, 0.3) is 0 Å². The predicted molar refractivity (Wildman–Crippen MR) is 62.7 cm³/mol. The van der Waals surface area contributed by atoms with E-state index in [4.69, 9.17) is 0 Å². The highest BCUT2D eigenvalue weighted by molar-refractivity contribution is 7.09. The number of thiazole rings is 1. The molecule has 0 aliphatic carbocycles. The van der Waals surface area contributed by atoms with Crippen LogP contribution >= 0.6 is 11.3 Å². The van der Waals surface area contributed by atoms with Crippen molar-refractivity contribution in [2.24, 2.45) is 0 Å². The van der Waals surface area contributed by atoms with Crippen molar-refractivity contribution >= 4 is 11.3 Å². The van der Waals surface area contributed by atoms with Gasteiger partial charge in [-0.3, -0.25) is 0 Å². The van der Waals surface area contributed by atoms with Crippen molar-refractivity contribution in [1.82, 2.24) is 10.3 Å². The van der Waals surface area contributed by atoms with Gasteiger partial charge in [-0.1, -0.05) is 20.8 Å². The largest absolute Gasteiger partial charge is 0.305 e. The minimum absolute atomic E-state index is 0.444. The van der Waals surface area contributed by atoms with Crippen LogP contribution in [0.3, 0.4) is 0 Å². The molecular formula is C11H20N2S. The van der Waals surface area contributed by atoms with Gasteiger partial charge < -0.3 is 5.32 Å². The molecule has 0 saturated heterocycles. The van der Waals surface area contributed by atoms with Crippen molar-refractivity contribution in [2.45, 2.75) is 52.1 Å². The van der Waals surface area contributed by atoms with Crippen molar-refractivity contribution in [3.8, 4) is 0 Å². The summed E-state index contributed by atoms with van der Waals surface area (Å²) in [6.07, 6.45) is 5.39. The molecule has 2 nitrogen and oxygen atoms in total. The van der Waals surface area contributed by atoms with Crippen molar-refractivity contribution in [3.05, 3.63) is 16.6 Å². The molecule has 3 heteroatoms. The Morgan fingerprint density at radius 2 is 2.00 bits per heavy atom. The quantitative estimate of drug-likeness (QED) is 0.782. The van der Waals surface area contributed by atoms with Crippen LogP contribution in [0.15, 0.2) is 11.6 Å². The second-order valence-corrected chi connectivity index (χ2v) is 4.44. The molecule has 0 bridgehead atoms. The van der Waals surface area contributed by atoms with Crippen LogP contribution in [0.25, 0.3) is 0 Å². The third-order valence-corrected chi connectivity index (χ3v) is 3.47. The summed E-state index contributed by atoms with van der Waals surface area (Å²) in [6, 6.07) is 1.07. The number of rotatable bonds is 6. The molecule has 1 heterocycles. The van der Waals surface area contributed by atoms with Gasteiger partial charge in [-0.25, -0.2) is 4.98 Å². The average molecular weight is 212 g/mol. The topological polar surface area (TPSA) is 24.9 Å². The van der Waals surface area contributed by atoms with E-state index in [9.17, 15) is 0 Å². The fraction of sp³-hybridized carbons (Fsp3) is 0.727. The first-order valence-electron chi connectivity index (χ1n) is 5.47. The van der Waals surface area contributed by atoms with Crippen LogP contribution in [0.5, 0.6) is 0 Å². The van der Waals surface area contributed by atoms with E-state index in [1.165, 1.54) is 17.8 Å². The highest BCUT2D eigenvalue weighted by atomic mass is 32.1. The Bertz CT molecular complexity index is 229. The predicted octanol–water partition coefficient (Wildman–Crippen LogP) is 3.37. The van der Waals surface area contributed by atoms with Gasteiger partial charge in [0.15, 0.2) is 0 Å². The van der Waals surface area contributed by atoms with E-state index in [1.807, 2.05) is 11.6 Å². The summed E-state index contributed by atoms with van der Waals surface area (Å²) in [7, 11) is 0. The molecule has 0 aliphatic rings. The van der Waals surface area contributed by atoms with Crippen molar-refractivity contribution in [1.29, 1.82) is 0 Å². The number of nitrogens with one attached hydrogen (secondary N) is 1. The molecule has 1 atom stereocenters. The molecule has 1 N–H and O–H groups in total. The fourth-order valence-corrected chi connectivity index (χ4v) is 2.36. The van der Waals surface area contributed by atoms with Gasteiger partial charge in [-0.2, -0.15) is 0 Å². The molecule has 0 aliphatic heterocycles. The third kappa shape index (κ3) is 3.07. The Labute approximate surface area is 90.8 Å².